The maximum absolute atomic E-state index is 12.2. The van der Waals surface area contributed by atoms with Crippen molar-refractivity contribution < 1.29 is 17.9 Å². The third kappa shape index (κ3) is 6.40. The average Bonchev–Trinajstić information content (AvgIpc) is 3.15. The van der Waals surface area contributed by atoms with Gasteiger partial charge in [-0.3, -0.25) is 4.99 Å². The van der Waals surface area contributed by atoms with Gasteiger partial charge in [0, 0.05) is 26.7 Å². The molecule has 1 heterocycles. The van der Waals surface area contributed by atoms with Crippen molar-refractivity contribution in [3.05, 3.63) is 60.4 Å². The topological polar surface area (TPSA) is 63.5 Å². The van der Waals surface area contributed by atoms with E-state index >= 15 is 0 Å². The van der Waals surface area contributed by atoms with Gasteiger partial charge in [0.25, 0.3) is 0 Å². The molecule has 2 N–H and O–H groups in total. The van der Waals surface area contributed by atoms with Crippen LogP contribution >= 0.6 is 0 Å². The minimum Gasteiger partial charge on any atom is -0.484 e. The zero-order valence-electron chi connectivity index (χ0n) is 16.6. The highest BCUT2D eigenvalue weighted by Crippen LogP contribution is 2.18. The van der Waals surface area contributed by atoms with Gasteiger partial charge in [0.1, 0.15) is 5.75 Å². The average molecular weight is 419 g/mol. The van der Waals surface area contributed by atoms with Crippen molar-refractivity contribution in [2.24, 2.45) is 4.99 Å². The number of alkyl halides is 3. The van der Waals surface area contributed by atoms with E-state index in [0.29, 0.717) is 12.5 Å². The molecule has 0 radical (unpaired) electrons. The van der Waals surface area contributed by atoms with Gasteiger partial charge in [0.15, 0.2) is 12.6 Å². The first kappa shape index (κ1) is 21.5. The number of nitrogens with one attached hydrogen (secondary N) is 2. The van der Waals surface area contributed by atoms with Gasteiger partial charge >= 0.3 is 6.18 Å². The summed E-state index contributed by atoms with van der Waals surface area (Å²) in [6.07, 6.45) is -1.60. The second kappa shape index (κ2) is 10.00. The molecule has 3 aromatic rings. The first-order valence-electron chi connectivity index (χ1n) is 9.57. The number of benzene rings is 2. The molecule has 0 aliphatic heterocycles. The highest BCUT2D eigenvalue weighted by atomic mass is 19.4. The van der Waals surface area contributed by atoms with Crippen molar-refractivity contribution in [1.29, 1.82) is 0 Å². The summed E-state index contributed by atoms with van der Waals surface area (Å²) in [5.74, 6) is 0.841. The number of imidazole rings is 1. The Morgan fingerprint density at radius 1 is 1.10 bits per heavy atom. The highest BCUT2D eigenvalue weighted by molar-refractivity contribution is 5.79. The Hall–Kier alpha value is -3.23. The van der Waals surface area contributed by atoms with Crippen LogP contribution in [0, 0.1) is 0 Å². The molecule has 0 spiro atoms. The molecule has 0 aliphatic rings. The molecule has 0 bridgehead atoms. The van der Waals surface area contributed by atoms with Gasteiger partial charge < -0.3 is 19.9 Å². The van der Waals surface area contributed by atoms with Crippen molar-refractivity contribution in [2.75, 3.05) is 20.2 Å². The number of guanidine groups is 1. The van der Waals surface area contributed by atoms with Crippen LogP contribution in [0.25, 0.3) is 11.0 Å². The van der Waals surface area contributed by atoms with E-state index in [1.54, 1.807) is 19.2 Å². The lowest BCUT2D eigenvalue weighted by Gasteiger charge is -2.13. The fourth-order valence-corrected chi connectivity index (χ4v) is 2.92. The number of aryl methyl sites for hydroxylation is 1. The number of fused-ring (bicyclic) bond motifs is 1. The Labute approximate surface area is 172 Å². The largest absolute Gasteiger partial charge is 0.484 e. The lowest BCUT2D eigenvalue weighted by atomic mass is 10.2. The number of aromatic nitrogens is 2. The van der Waals surface area contributed by atoms with E-state index in [0.717, 1.165) is 36.1 Å². The normalized spacial score (nSPS) is 12.2. The van der Waals surface area contributed by atoms with Crippen molar-refractivity contribution in [3.8, 4) is 5.75 Å². The van der Waals surface area contributed by atoms with Crippen molar-refractivity contribution >= 4 is 17.0 Å². The Bertz CT molecular complexity index is 967. The van der Waals surface area contributed by atoms with Crippen LogP contribution in [0.15, 0.2) is 59.9 Å². The van der Waals surface area contributed by atoms with Crippen LogP contribution in [0.3, 0.4) is 0 Å². The van der Waals surface area contributed by atoms with Crippen LogP contribution in [-0.4, -0.2) is 41.9 Å². The molecule has 6 nitrogen and oxygen atoms in total. The number of rotatable bonds is 8. The van der Waals surface area contributed by atoms with E-state index < -0.39 is 12.8 Å². The van der Waals surface area contributed by atoms with Gasteiger partial charge in [-0.1, -0.05) is 24.3 Å². The second-order valence-electron chi connectivity index (χ2n) is 6.68. The number of halogens is 3. The second-order valence-corrected chi connectivity index (χ2v) is 6.68. The molecule has 3 rings (SSSR count). The molecule has 0 amide bonds. The van der Waals surface area contributed by atoms with E-state index in [9.17, 15) is 13.2 Å². The predicted octanol–water partition coefficient (Wildman–Crippen LogP) is 3.73. The summed E-state index contributed by atoms with van der Waals surface area (Å²) in [5.41, 5.74) is 3.00. The van der Waals surface area contributed by atoms with E-state index in [1.807, 2.05) is 24.5 Å². The minimum absolute atomic E-state index is 0.186. The quantitative estimate of drug-likeness (QED) is 0.332. The molecule has 9 heteroatoms. The zero-order valence-corrected chi connectivity index (χ0v) is 16.6. The number of nitrogens with zero attached hydrogens (tertiary/aromatic N) is 3. The monoisotopic (exact) mass is 419 g/mol. The summed E-state index contributed by atoms with van der Waals surface area (Å²) in [7, 11) is 1.69. The van der Waals surface area contributed by atoms with Gasteiger partial charge in [-0.05, 0) is 36.2 Å². The summed E-state index contributed by atoms with van der Waals surface area (Å²) in [6.45, 7) is 0.766. The Balaban J connectivity index is 1.39. The summed E-state index contributed by atoms with van der Waals surface area (Å²) in [4.78, 5) is 8.57. The third-order valence-corrected chi connectivity index (χ3v) is 4.41. The molecule has 1 aromatic heterocycles. The van der Waals surface area contributed by atoms with E-state index in [-0.39, 0.29) is 5.75 Å². The van der Waals surface area contributed by atoms with Gasteiger partial charge in [-0.2, -0.15) is 13.2 Å². The lowest BCUT2D eigenvalue weighted by molar-refractivity contribution is -0.153. The van der Waals surface area contributed by atoms with E-state index in [1.165, 1.54) is 12.1 Å². The van der Waals surface area contributed by atoms with Gasteiger partial charge in [0.05, 0.1) is 17.4 Å². The number of aliphatic imine (C=N–C) groups is 1. The SMILES string of the molecule is CN=C(NCCCn1cnc2ccccc21)NCc1ccc(OCC(F)(F)F)cc1. The minimum atomic E-state index is -4.34. The maximum Gasteiger partial charge on any atom is 0.422 e. The number of hydrogen-bond donors (Lipinski definition) is 2. The molecule has 2 aromatic carbocycles. The van der Waals surface area contributed by atoms with Crippen LogP contribution in [0.1, 0.15) is 12.0 Å². The Morgan fingerprint density at radius 2 is 1.87 bits per heavy atom. The number of hydrogen-bond acceptors (Lipinski definition) is 3. The summed E-state index contributed by atoms with van der Waals surface area (Å²) >= 11 is 0. The van der Waals surface area contributed by atoms with Gasteiger partial charge in [-0.15, -0.1) is 0 Å². The molecule has 0 unspecified atom stereocenters. The van der Waals surface area contributed by atoms with Gasteiger partial charge in [-0.25, -0.2) is 4.98 Å². The lowest BCUT2D eigenvalue weighted by Crippen LogP contribution is -2.37. The van der Waals surface area contributed by atoms with Crippen molar-refractivity contribution in [3.63, 3.8) is 0 Å². The molecule has 0 saturated carbocycles. The molecule has 0 saturated heterocycles. The molecular weight excluding hydrogens is 395 g/mol. The molecular formula is C21H24F3N5O. The first-order valence-corrected chi connectivity index (χ1v) is 9.57. The van der Waals surface area contributed by atoms with Crippen LogP contribution in [0.5, 0.6) is 5.75 Å². The van der Waals surface area contributed by atoms with Crippen LogP contribution in [-0.2, 0) is 13.1 Å². The summed E-state index contributed by atoms with van der Waals surface area (Å²) in [5, 5.41) is 6.44. The van der Waals surface area contributed by atoms with E-state index in [2.05, 4.69) is 31.2 Å². The summed E-state index contributed by atoms with van der Waals surface area (Å²) in [6, 6.07) is 14.5. The molecule has 0 fully saturated rings. The fraction of sp³-hybridized carbons (Fsp3) is 0.333. The zero-order chi connectivity index (χ0) is 21.4. The Kier molecular flexibility index (Phi) is 7.16. The third-order valence-electron chi connectivity index (χ3n) is 4.41. The van der Waals surface area contributed by atoms with Crippen LogP contribution in [0.2, 0.25) is 0 Å². The maximum atomic E-state index is 12.2. The molecule has 160 valence electrons. The fourth-order valence-electron chi connectivity index (χ4n) is 2.92. The number of para-hydroxylation sites is 2. The standard InChI is InChI=1S/C21H24F3N5O/c1-25-20(26-11-4-12-29-15-28-18-5-2-3-6-19(18)29)27-13-16-7-9-17(10-8-16)30-14-21(22,23)24/h2-3,5-10,15H,4,11-14H2,1H3,(H2,25,26,27). The highest BCUT2D eigenvalue weighted by Gasteiger charge is 2.28. The molecule has 0 aliphatic carbocycles. The molecule has 30 heavy (non-hydrogen) atoms. The predicted molar refractivity (Wildman–Crippen MR) is 111 cm³/mol. The first-order chi connectivity index (χ1) is 14.4. The van der Waals surface area contributed by atoms with Crippen molar-refractivity contribution in [1.82, 2.24) is 20.2 Å². The summed E-state index contributed by atoms with van der Waals surface area (Å²) < 4.78 is 43.4. The van der Waals surface area contributed by atoms with Crippen molar-refractivity contribution in [2.45, 2.75) is 25.7 Å². The van der Waals surface area contributed by atoms with Crippen LogP contribution in [0.4, 0.5) is 13.2 Å². The van der Waals surface area contributed by atoms with E-state index in [4.69, 9.17) is 4.74 Å². The number of ether oxygens (including phenoxy) is 1. The molecule has 0 atom stereocenters. The van der Waals surface area contributed by atoms with Crippen LogP contribution < -0.4 is 15.4 Å². The Morgan fingerprint density at radius 3 is 2.60 bits per heavy atom. The smallest absolute Gasteiger partial charge is 0.422 e. The van der Waals surface area contributed by atoms with Gasteiger partial charge in [0.2, 0.25) is 0 Å².